The lowest BCUT2D eigenvalue weighted by Gasteiger charge is -2.62. The molecule has 5 rings (SSSR count). The van der Waals surface area contributed by atoms with E-state index >= 15 is 0 Å². The van der Waals surface area contributed by atoms with Gasteiger partial charge in [0.15, 0.2) is 11.9 Å². The van der Waals surface area contributed by atoms with Gasteiger partial charge in [0, 0.05) is 18.3 Å². The van der Waals surface area contributed by atoms with E-state index in [1.807, 2.05) is 0 Å². The first-order valence-electron chi connectivity index (χ1n) is 10.2. The average molecular weight is 426 g/mol. The van der Waals surface area contributed by atoms with Gasteiger partial charge in [0.1, 0.15) is 6.10 Å². The van der Waals surface area contributed by atoms with E-state index in [4.69, 9.17) is 29.1 Å². The number of hydrogen-bond donors (Lipinski definition) is 2. The molecule has 2 bridgehead atoms. The van der Waals surface area contributed by atoms with Crippen LogP contribution in [0.5, 0.6) is 0 Å². The molecule has 7 nitrogen and oxygen atoms in total. The number of alkyl halides is 3. The van der Waals surface area contributed by atoms with E-state index in [1.165, 1.54) is 6.92 Å². The van der Waals surface area contributed by atoms with Crippen molar-refractivity contribution in [2.24, 2.45) is 23.7 Å². The van der Waals surface area contributed by atoms with E-state index in [9.17, 15) is 18.3 Å². The van der Waals surface area contributed by atoms with E-state index in [1.54, 1.807) is 6.92 Å². The second-order valence-corrected chi connectivity index (χ2v) is 9.13. The van der Waals surface area contributed by atoms with Crippen molar-refractivity contribution < 1.29 is 47.4 Å². The Morgan fingerprint density at radius 1 is 1.10 bits per heavy atom. The number of fused-ring (bicyclic) bond motifs is 2. The molecule has 1 spiro atoms. The molecule has 168 valence electrons. The Labute approximate surface area is 167 Å². The molecule has 1 saturated carbocycles. The molecule has 2 unspecified atom stereocenters. The summed E-state index contributed by atoms with van der Waals surface area (Å²) in [6, 6.07) is 0. The zero-order chi connectivity index (χ0) is 21.2. The molecule has 4 heterocycles. The smallest absolute Gasteiger partial charge is 0.394 e. The first-order valence-corrected chi connectivity index (χ1v) is 10.2. The normalized spacial score (nSPS) is 50.7. The number of aliphatic hydroxyl groups excluding tert-OH is 2. The Hall–Kier alpha value is -0.490. The Morgan fingerprint density at radius 3 is 2.48 bits per heavy atom. The van der Waals surface area contributed by atoms with E-state index < -0.39 is 60.8 Å². The number of rotatable bonds is 4. The van der Waals surface area contributed by atoms with Crippen LogP contribution in [0.1, 0.15) is 46.5 Å². The minimum Gasteiger partial charge on any atom is -0.394 e. The third-order valence-corrected chi connectivity index (χ3v) is 7.36. The molecule has 4 saturated heterocycles. The molecule has 10 heteroatoms. The van der Waals surface area contributed by atoms with Gasteiger partial charge in [-0.2, -0.15) is 13.2 Å². The highest BCUT2D eigenvalue weighted by Crippen LogP contribution is 2.64. The fourth-order valence-corrected chi connectivity index (χ4v) is 5.76. The standard InChI is InChI=1S/C19H29F3O7/c1-10-4-5-14-11(2)18(19(20,21)22,25-9-12(24)8-23)27-15-17(14)13(10)6-7-16(3,26-15)28-29-17/h10-15,23-24H,4-9H2,1-3H3/t10-,11-,12?,13+,14+,15?,16+,17-,18-/m1/s1. The quantitative estimate of drug-likeness (QED) is 0.668. The topological polar surface area (TPSA) is 86.6 Å². The third-order valence-electron chi connectivity index (χ3n) is 7.36. The summed E-state index contributed by atoms with van der Waals surface area (Å²) in [4.78, 5) is 11.4. The van der Waals surface area contributed by atoms with Crippen molar-refractivity contribution in [3.8, 4) is 0 Å². The maximum Gasteiger partial charge on any atom is 0.443 e. The Balaban J connectivity index is 1.78. The summed E-state index contributed by atoms with van der Waals surface area (Å²) in [5, 5.41) is 18.6. The van der Waals surface area contributed by atoms with Gasteiger partial charge in [-0.3, -0.25) is 0 Å². The minimum atomic E-state index is -4.89. The highest BCUT2D eigenvalue weighted by Gasteiger charge is 2.77. The van der Waals surface area contributed by atoms with E-state index in [-0.39, 0.29) is 11.8 Å². The fourth-order valence-electron chi connectivity index (χ4n) is 5.76. The van der Waals surface area contributed by atoms with Gasteiger partial charge in [0.2, 0.25) is 5.79 Å². The molecule has 0 aromatic heterocycles. The summed E-state index contributed by atoms with van der Waals surface area (Å²) in [6.45, 7) is 3.69. The third kappa shape index (κ3) is 3.06. The highest BCUT2D eigenvalue weighted by atomic mass is 19.4. The van der Waals surface area contributed by atoms with Gasteiger partial charge in [-0.25, -0.2) is 9.78 Å². The number of aliphatic hydroxyl groups is 2. The predicted octanol–water partition coefficient (Wildman–Crippen LogP) is 2.50. The summed E-state index contributed by atoms with van der Waals surface area (Å²) >= 11 is 0. The van der Waals surface area contributed by atoms with Crippen molar-refractivity contribution in [1.82, 2.24) is 0 Å². The summed E-state index contributed by atoms with van der Waals surface area (Å²) < 4.78 is 59.9. The molecular formula is C19H29F3O7. The molecule has 5 fully saturated rings. The molecular weight excluding hydrogens is 397 g/mol. The lowest BCUT2D eigenvalue weighted by Crippen LogP contribution is -2.76. The first kappa shape index (κ1) is 21.7. The maximum atomic E-state index is 14.4. The van der Waals surface area contributed by atoms with Crippen molar-refractivity contribution in [3.05, 3.63) is 0 Å². The van der Waals surface area contributed by atoms with E-state index in [0.29, 0.717) is 19.3 Å². The SMILES string of the molecule is C[C@@H]1CC[C@H]2[C@@H](C)[C@](OCC(O)CO)(C(F)(F)F)OC3O[C@]4(C)CC[C@@H]1[C@]32OO4. The molecule has 29 heavy (non-hydrogen) atoms. The summed E-state index contributed by atoms with van der Waals surface area (Å²) in [5.74, 6) is -5.79. The fraction of sp³-hybridized carbons (Fsp3) is 1.00. The van der Waals surface area contributed by atoms with Crippen LogP contribution in [0.25, 0.3) is 0 Å². The van der Waals surface area contributed by atoms with Crippen LogP contribution in [-0.4, -0.2) is 59.2 Å². The van der Waals surface area contributed by atoms with Crippen LogP contribution >= 0.6 is 0 Å². The average Bonchev–Trinajstić information content (AvgIpc) is 2.88. The molecule has 0 aromatic carbocycles. The van der Waals surface area contributed by atoms with Gasteiger partial charge < -0.3 is 24.4 Å². The van der Waals surface area contributed by atoms with Crippen LogP contribution in [0.4, 0.5) is 13.2 Å². The summed E-state index contributed by atoms with van der Waals surface area (Å²) in [6.07, 6.45) is -5.27. The van der Waals surface area contributed by atoms with Crippen LogP contribution in [0.2, 0.25) is 0 Å². The van der Waals surface area contributed by atoms with Crippen LogP contribution < -0.4 is 0 Å². The predicted molar refractivity (Wildman–Crippen MR) is 90.9 cm³/mol. The number of ether oxygens (including phenoxy) is 3. The van der Waals surface area contributed by atoms with Crippen molar-refractivity contribution in [1.29, 1.82) is 0 Å². The molecule has 2 N–H and O–H groups in total. The Morgan fingerprint density at radius 2 is 1.83 bits per heavy atom. The minimum absolute atomic E-state index is 0.0766. The second kappa shape index (κ2) is 7.01. The monoisotopic (exact) mass is 426 g/mol. The second-order valence-electron chi connectivity index (χ2n) is 9.13. The van der Waals surface area contributed by atoms with Gasteiger partial charge in [0.25, 0.3) is 5.79 Å². The first-order chi connectivity index (χ1) is 13.5. The molecule has 4 aliphatic heterocycles. The lowest BCUT2D eigenvalue weighted by atomic mass is 9.57. The molecule has 9 atom stereocenters. The summed E-state index contributed by atoms with van der Waals surface area (Å²) in [5.41, 5.74) is -1.15. The van der Waals surface area contributed by atoms with E-state index in [2.05, 4.69) is 6.92 Å². The maximum absolute atomic E-state index is 14.4. The number of hydrogen-bond acceptors (Lipinski definition) is 7. The van der Waals surface area contributed by atoms with Gasteiger partial charge >= 0.3 is 6.18 Å². The lowest BCUT2D eigenvalue weighted by molar-refractivity contribution is -0.599. The van der Waals surface area contributed by atoms with Crippen LogP contribution in [0.3, 0.4) is 0 Å². The van der Waals surface area contributed by atoms with E-state index in [0.717, 1.165) is 6.42 Å². The van der Waals surface area contributed by atoms with Crippen molar-refractivity contribution in [2.45, 2.75) is 82.2 Å². The molecule has 1 aliphatic carbocycles. The van der Waals surface area contributed by atoms with Crippen molar-refractivity contribution >= 4 is 0 Å². The van der Waals surface area contributed by atoms with Crippen LogP contribution in [0, 0.1) is 23.7 Å². The van der Waals surface area contributed by atoms with Crippen LogP contribution in [0.15, 0.2) is 0 Å². The number of halogens is 3. The van der Waals surface area contributed by atoms with Gasteiger partial charge in [0.05, 0.1) is 13.2 Å². The van der Waals surface area contributed by atoms with Crippen molar-refractivity contribution in [3.63, 3.8) is 0 Å². The summed E-state index contributed by atoms with van der Waals surface area (Å²) in [7, 11) is 0. The van der Waals surface area contributed by atoms with Crippen molar-refractivity contribution in [2.75, 3.05) is 13.2 Å². The Bertz CT molecular complexity index is 633. The van der Waals surface area contributed by atoms with Gasteiger partial charge in [-0.15, -0.1) is 0 Å². The van der Waals surface area contributed by atoms with Gasteiger partial charge in [-0.05, 0) is 38.0 Å². The molecule has 0 amide bonds. The highest BCUT2D eigenvalue weighted by molar-refractivity contribution is 5.12. The zero-order valence-corrected chi connectivity index (χ0v) is 16.8. The van der Waals surface area contributed by atoms with Crippen LogP contribution in [-0.2, 0) is 24.0 Å². The van der Waals surface area contributed by atoms with Gasteiger partial charge in [-0.1, -0.05) is 13.8 Å². The zero-order valence-electron chi connectivity index (χ0n) is 16.8. The Kier molecular flexibility index (Phi) is 5.25. The molecule has 5 aliphatic rings. The molecule has 0 radical (unpaired) electrons. The largest absolute Gasteiger partial charge is 0.443 e. The molecule has 0 aromatic rings.